The third-order valence-electron chi connectivity index (χ3n) is 5.54. The summed E-state index contributed by atoms with van der Waals surface area (Å²) in [7, 11) is 0. The maximum absolute atomic E-state index is 13.4. The fourth-order valence-corrected chi connectivity index (χ4v) is 4.52. The number of Topliss-reactive ketones (excluding diaryl/α,β-unsaturated/α-hetero) is 1. The van der Waals surface area contributed by atoms with Crippen molar-refractivity contribution in [1.29, 1.82) is 0 Å². The van der Waals surface area contributed by atoms with Crippen LogP contribution in [-0.4, -0.2) is 29.0 Å². The molecule has 0 aliphatic heterocycles. The van der Waals surface area contributed by atoms with E-state index >= 15 is 0 Å². The van der Waals surface area contributed by atoms with Crippen molar-refractivity contribution in [2.24, 2.45) is 5.41 Å². The number of rotatable bonds is 8. The maximum atomic E-state index is 13.4. The number of carbonyl (C=O) groups excluding carboxylic acids is 2. The molecule has 0 atom stereocenters. The molecule has 0 saturated heterocycles. The fourth-order valence-electron chi connectivity index (χ4n) is 4.40. The number of aryl methyl sites for hydroxylation is 1. The van der Waals surface area contributed by atoms with Crippen LogP contribution in [0.25, 0.3) is 0 Å². The van der Waals surface area contributed by atoms with Crippen LogP contribution in [0.3, 0.4) is 0 Å². The molecule has 0 unspecified atom stereocenters. The van der Waals surface area contributed by atoms with E-state index in [1.165, 1.54) is 12.1 Å². The molecule has 3 aliphatic rings. The molecule has 28 heavy (non-hydrogen) atoms. The van der Waals surface area contributed by atoms with Gasteiger partial charge in [-0.2, -0.15) is 0 Å². The zero-order valence-corrected chi connectivity index (χ0v) is 16.1. The molecule has 1 heterocycles. The Balaban J connectivity index is 1.23. The van der Waals surface area contributed by atoms with Gasteiger partial charge in [0.15, 0.2) is 6.61 Å². The first-order valence-electron chi connectivity index (χ1n) is 9.20. The summed E-state index contributed by atoms with van der Waals surface area (Å²) in [5.41, 5.74) is 0.469. The molecule has 2 aromatic rings. The molecule has 0 radical (unpaired) electrons. The highest BCUT2D eigenvalue weighted by Gasteiger charge is 2.68. The van der Waals surface area contributed by atoms with Gasteiger partial charge in [-0.3, -0.25) is 9.59 Å². The van der Waals surface area contributed by atoms with E-state index in [0.29, 0.717) is 12.2 Å². The molecule has 6 nitrogen and oxygen atoms in total. The number of carbonyl (C=O) groups is 2. The molecule has 8 heteroatoms. The molecular formula is C20H20ClFN2O4. The van der Waals surface area contributed by atoms with E-state index in [0.717, 1.165) is 37.4 Å². The molecule has 1 aromatic carbocycles. The van der Waals surface area contributed by atoms with Crippen molar-refractivity contribution in [2.75, 3.05) is 6.61 Å². The van der Waals surface area contributed by atoms with Gasteiger partial charge >= 0.3 is 0 Å². The molecule has 5 rings (SSSR count). The average molecular weight is 407 g/mol. The SMILES string of the molecule is CCc1cc(C(=O)CC23CC(NC(=O)COc4ccc(Cl)c(F)c4)(C2)C3)on1. The minimum Gasteiger partial charge on any atom is -0.484 e. The standard InChI is InChI=1S/C20H20ClFN2O4/c1-2-12-5-17(28-24-12)16(25)7-19-9-20(10-19,11-19)23-18(26)8-27-13-3-4-14(21)15(22)6-13/h3-6H,2,7-11H2,1H3,(H,23,26). The van der Waals surface area contributed by atoms with E-state index in [1.807, 2.05) is 6.92 Å². The quantitative estimate of drug-likeness (QED) is 0.676. The number of ketones is 1. The molecule has 0 spiro atoms. The van der Waals surface area contributed by atoms with Gasteiger partial charge in [0.2, 0.25) is 11.5 Å². The average Bonchev–Trinajstić information content (AvgIpc) is 3.09. The molecule has 3 aliphatic carbocycles. The van der Waals surface area contributed by atoms with Crippen LogP contribution < -0.4 is 10.1 Å². The largest absolute Gasteiger partial charge is 0.484 e. The smallest absolute Gasteiger partial charge is 0.258 e. The number of nitrogens with zero attached hydrogens (tertiary/aromatic N) is 1. The van der Waals surface area contributed by atoms with Crippen LogP contribution in [0.2, 0.25) is 5.02 Å². The molecule has 1 N–H and O–H groups in total. The van der Waals surface area contributed by atoms with Crippen LogP contribution in [0.5, 0.6) is 5.75 Å². The second-order valence-electron chi connectivity index (χ2n) is 7.86. The van der Waals surface area contributed by atoms with Crippen molar-refractivity contribution < 1.29 is 23.2 Å². The van der Waals surface area contributed by atoms with Crippen molar-refractivity contribution in [3.8, 4) is 5.75 Å². The van der Waals surface area contributed by atoms with E-state index in [9.17, 15) is 14.0 Å². The Hall–Kier alpha value is -2.41. The molecular weight excluding hydrogens is 387 g/mol. The Kier molecular flexibility index (Phi) is 4.65. The van der Waals surface area contributed by atoms with Gasteiger partial charge < -0.3 is 14.6 Å². The van der Waals surface area contributed by atoms with E-state index in [4.69, 9.17) is 20.9 Å². The Labute approximate surface area is 166 Å². The second-order valence-corrected chi connectivity index (χ2v) is 8.27. The number of nitrogens with one attached hydrogen (secondary N) is 1. The molecule has 1 aromatic heterocycles. The van der Waals surface area contributed by atoms with Crippen LogP contribution >= 0.6 is 11.6 Å². The second kappa shape index (κ2) is 6.88. The molecule has 2 bridgehead atoms. The normalized spacial score (nSPS) is 24.8. The van der Waals surface area contributed by atoms with E-state index in [2.05, 4.69) is 10.5 Å². The lowest BCUT2D eigenvalue weighted by Crippen LogP contribution is -2.75. The summed E-state index contributed by atoms with van der Waals surface area (Å²) in [6, 6.07) is 5.73. The molecule has 3 fully saturated rings. The third-order valence-corrected chi connectivity index (χ3v) is 5.84. The Morgan fingerprint density at radius 2 is 2.07 bits per heavy atom. The van der Waals surface area contributed by atoms with Crippen molar-refractivity contribution in [1.82, 2.24) is 10.5 Å². The van der Waals surface area contributed by atoms with E-state index in [1.54, 1.807) is 6.07 Å². The predicted molar refractivity (Wildman–Crippen MR) is 98.9 cm³/mol. The van der Waals surface area contributed by atoms with Gasteiger partial charge in [0.25, 0.3) is 5.91 Å². The van der Waals surface area contributed by atoms with Gasteiger partial charge in [-0.05, 0) is 43.2 Å². The van der Waals surface area contributed by atoms with Gasteiger partial charge in [0.1, 0.15) is 11.6 Å². The number of halogens is 2. The van der Waals surface area contributed by atoms with Crippen LogP contribution in [0, 0.1) is 11.2 Å². The molecule has 3 saturated carbocycles. The summed E-state index contributed by atoms with van der Waals surface area (Å²) in [5, 5.41) is 6.83. The number of benzene rings is 1. The van der Waals surface area contributed by atoms with Crippen LogP contribution in [0.4, 0.5) is 4.39 Å². The third kappa shape index (κ3) is 3.51. The van der Waals surface area contributed by atoms with Crippen molar-refractivity contribution >= 4 is 23.3 Å². The zero-order chi connectivity index (χ0) is 19.9. The predicted octanol–water partition coefficient (Wildman–Crippen LogP) is 3.72. The lowest BCUT2D eigenvalue weighted by atomic mass is 9.38. The number of hydrogen-bond donors (Lipinski definition) is 1. The number of aromatic nitrogens is 1. The first kappa shape index (κ1) is 18.9. The topological polar surface area (TPSA) is 81.4 Å². The van der Waals surface area contributed by atoms with Gasteiger partial charge in [-0.15, -0.1) is 0 Å². The summed E-state index contributed by atoms with van der Waals surface area (Å²) in [5.74, 6) is -0.348. The first-order valence-corrected chi connectivity index (χ1v) is 9.58. The summed E-state index contributed by atoms with van der Waals surface area (Å²) < 4.78 is 23.8. The summed E-state index contributed by atoms with van der Waals surface area (Å²) in [4.78, 5) is 24.5. The first-order chi connectivity index (χ1) is 13.3. The van der Waals surface area contributed by atoms with E-state index in [-0.39, 0.29) is 40.0 Å². The van der Waals surface area contributed by atoms with E-state index < -0.39 is 5.82 Å². The summed E-state index contributed by atoms with van der Waals surface area (Å²) >= 11 is 5.62. The Bertz CT molecular complexity index is 922. The summed E-state index contributed by atoms with van der Waals surface area (Å²) in [6.07, 6.45) is 3.43. The van der Waals surface area contributed by atoms with Crippen molar-refractivity contribution in [3.63, 3.8) is 0 Å². The fraction of sp³-hybridized carbons (Fsp3) is 0.450. The summed E-state index contributed by atoms with van der Waals surface area (Å²) in [6.45, 7) is 1.75. The zero-order valence-electron chi connectivity index (χ0n) is 15.4. The van der Waals surface area contributed by atoms with Crippen LogP contribution in [0.15, 0.2) is 28.8 Å². The monoisotopic (exact) mass is 406 g/mol. The Morgan fingerprint density at radius 3 is 2.71 bits per heavy atom. The lowest BCUT2D eigenvalue weighted by molar-refractivity contribution is -0.164. The highest BCUT2D eigenvalue weighted by atomic mass is 35.5. The van der Waals surface area contributed by atoms with Crippen LogP contribution in [0.1, 0.15) is 48.9 Å². The minimum absolute atomic E-state index is 0.00163. The number of ether oxygens (including phenoxy) is 1. The van der Waals surface area contributed by atoms with Gasteiger partial charge in [0.05, 0.1) is 10.7 Å². The maximum Gasteiger partial charge on any atom is 0.258 e. The molecule has 1 amide bonds. The van der Waals surface area contributed by atoms with Gasteiger partial charge in [0, 0.05) is 24.1 Å². The van der Waals surface area contributed by atoms with Gasteiger partial charge in [-0.25, -0.2) is 4.39 Å². The minimum atomic E-state index is -0.594. The van der Waals surface area contributed by atoms with Crippen molar-refractivity contribution in [2.45, 2.75) is 44.6 Å². The molecule has 148 valence electrons. The Morgan fingerprint density at radius 1 is 1.32 bits per heavy atom. The number of hydrogen-bond acceptors (Lipinski definition) is 5. The van der Waals surface area contributed by atoms with Crippen LogP contribution in [-0.2, 0) is 11.2 Å². The lowest BCUT2D eigenvalue weighted by Gasteiger charge is -2.70. The van der Waals surface area contributed by atoms with Crippen molar-refractivity contribution in [3.05, 3.63) is 46.6 Å². The highest BCUT2D eigenvalue weighted by molar-refractivity contribution is 6.30. The number of amides is 1. The van der Waals surface area contributed by atoms with Gasteiger partial charge in [-0.1, -0.05) is 23.7 Å². The highest BCUT2D eigenvalue weighted by Crippen LogP contribution is 2.69.